The van der Waals surface area contributed by atoms with Crippen molar-refractivity contribution in [2.24, 2.45) is 5.92 Å². The number of fused-ring (bicyclic) bond motifs is 1. The molecule has 4 N–H and O–H groups in total. The smallest absolute Gasteiger partial charge is 0.281 e. The first kappa shape index (κ1) is 23.2. The van der Waals surface area contributed by atoms with Gasteiger partial charge in [0.05, 0.1) is 23.1 Å². The van der Waals surface area contributed by atoms with Crippen LogP contribution < -0.4 is 16.6 Å². The number of nitrogens with one attached hydrogen (secondary N) is 2. The predicted molar refractivity (Wildman–Crippen MR) is 120 cm³/mol. The van der Waals surface area contributed by atoms with Crippen LogP contribution in [0.3, 0.4) is 0 Å². The minimum absolute atomic E-state index is 0.0343. The van der Waals surface area contributed by atoms with Gasteiger partial charge in [0, 0.05) is 11.6 Å². The number of hydrogen-bond acceptors (Lipinski definition) is 8. The highest BCUT2D eigenvalue weighted by atomic mass is 19.3. The number of nitrogen functional groups attached to an aromatic ring is 1. The van der Waals surface area contributed by atoms with Gasteiger partial charge in [-0.1, -0.05) is 12.1 Å². The van der Waals surface area contributed by atoms with E-state index in [1.807, 2.05) is 0 Å². The van der Waals surface area contributed by atoms with E-state index in [0.29, 0.717) is 12.8 Å². The van der Waals surface area contributed by atoms with Crippen LogP contribution in [0.15, 0.2) is 35.3 Å². The summed E-state index contributed by atoms with van der Waals surface area (Å²) in [5.74, 6) is -0.578. The lowest BCUT2D eigenvalue weighted by Gasteiger charge is -2.23. The molecule has 0 saturated heterocycles. The summed E-state index contributed by atoms with van der Waals surface area (Å²) >= 11 is 0. The zero-order valence-corrected chi connectivity index (χ0v) is 18.3. The second-order valence-corrected chi connectivity index (χ2v) is 8.16. The van der Waals surface area contributed by atoms with Crippen molar-refractivity contribution in [2.75, 3.05) is 11.1 Å². The summed E-state index contributed by atoms with van der Waals surface area (Å²) in [6.07, 6.45) is -3.25. The number of alkyl halides is 4. The second-order valence-electron chi connectivity index (χ2n) is 8.16. The molecule has 0 bridgehead atoms. The molecule has 0 spiro atoms. The molecular formula is C22H17F4N9O. The van der Waals surface area contributed by atoms with Crippen molar-refractivity contribution < 1.29 is 17.6 Å². The molecule has 36 heavy (non-hydrogen) atoms. The molecule has 5 rings (SSSR count). The van der Waals surface area contributed by atoms with Crippen LogP contribution in [0.5, 0.6) is 0 Å². The Bertz CT molecular complexity index is 1540. The fourth-order valence-electron chi connectivity index (χ4n) is 4.11. The molecule has 14 heteroatoms. The highest BCUT2D eigenvalue weighted by molar-refractivity contribution is 5.82. The van der Waals surface area contributed by atoms with Gasteiger partial charge in [-0.15, -0.1) is 0 Å². The van der Waals surface area contributed by atoms with E-state index in [1.165, 1.54) is 24.4 Å². The van der Waals surface area contributed by atoms with Crippen molar-refractivity contribution in [3.05, 3.63) is 63.5 Å². The van der Waals surface area contributed by atoms with E-state index in [4.69, 9.17) is 5.73 Å². The molecule has 4 aromatic rings. The highest BCUT2D eigenvalue weighted by Gasteiger charge is 2.38. The summed E-state index contributed by atoms with van der Waals surface area (Å²) < 4.78 is 55.6. The number of benzene rings is 1. The van der Waals surface area contributed by atoms with Crippen LogP contribution in [-0.2, 0) is 0 Å². The number of nitrogens with two attached hydrogens (primary N) is 1. The monoisotopic (exact) mass is 499 g/mol. The Labute approximate surface area is 199 Å². The maximum atomic E-state index is 13.7. The molecule has 3 heterocycles. The van der Waals surface area contributed by atoms with Gasteiger partial charge in [0.2, 0.25) is 5.95 Å². The van der Waals surface area contributed by atoms with E-state index in [0.717, 1.165) is 10.6 Å². The topological polar surface area (TPSA) is 151 Å². The number of aromatic amines is 1. The van der Waals surface area contributed by atoms with Crippen molar-refractivity contribution in [1.82, 2.24) is 29.7 Å². The quantitative estimate of drug-likeness (QED) is 0.325. The Morgan fingerprint density at radius 3 is 2.53 bits per heavy atom. The molecular weight excluding hydrogens is 482 g/mol. The van der Waals surface area contributed by atoms with E-state index in [-0.39, 0.29) is 34.3 Å². The molecule has 1 fully saturated rings. The number of nitriles is 1. The number of anilines is 2. The fourth-order valence-corrected chi connectivity index (χ4v) is 4.11. The van der Waals surface area contributed by atoms with Crippen LogP contribution in [0.2, 0.25) is 0 Å². The summed E-state index contributed by atoms with van der Waals surface area (Å²) in [6.45, 7) is 0. The minimum atomic E-state index is -3.08. The molecule has 1 aliphatic rings. The van der Waals surface area contributed by atoms with Crippen molar-refractivity contribution in [2.45, 2.75) is 31.7 Å². The fraction of sp³-hybridized carbons (Fsp3) is 0.273. The lowest BCUT2D eigenvalue weighted by atomic mass is 10.1. The molecule has 3 aromatic heterocycles. The van der Waals surface area contributed by atoms with Crippen LogP contribution in [-0.4, -0.2) is 29.7 Å². The Balaban J connectivity index is 1.75. The maximum absolute atomic E-state index is 13.7. The van der Waals surface area contributed by atoms with Gasteiger partial charge in [-0.2, -0.15) is 15.3 Å². The Kier molecular flexibility index (Phi) is 5.75. The summed E-state index contributed by atoms with van der Waals surface area (Å²) in [5, 5.41) is 18.7. The van der Waals surface area contributed by atoms with Gasteiger partial charge in [-0.25, -0.2) is 32.1 Å². The molecule has 1 aromatic carbocycles. The second kappa shape index (κ2) is 8.91. The molecule has 0 amide bonds. The molecule has 1 unspecified atom stereocenters. The Morgan fingerprint density at radius 1 is 1.14 bits per heavy atom. The number of rotatable bonds is 7. The minimum Gasteiger partial charge on any atom is -0.368 e. The van der Waals surface area contributed by atoms with E-state index in [2.05, 4.69) is 30.5 Å². The summed E-state index contributed by atoms with van der Waals surface area (Å²) in [5.41, 5.74) is 3.08. The predicted octanol–water partition coefficient (Wildman–Crippen LogP) is 3.79. The molecule has 0 radical (unpaired) electrons. The van der Waals surface area contributed by atoms with Crippen molar-refractivity contribution in [3.8, 4) is 11.9 Å². The third kappa shape index (κ3) is 3.98. The van der Waals surface area contributed by atoms with Crippen molar-refractivity contribution in [3.63, 3.8) is 0 Å². The van der Waals surface area contributed by atoms with Crippen LogP contribution in [0, 0.1) is 17.2 Å². The molecule has 1 aliphatic carbocycles. The van der Waals surface area contributed by atoms with Crippen LogP contribution in [0.4, 0.5) is 29.3 Å². The average molecular weight is 499 g/mol. The third-order valence-electron chi connectivity index (χ3n) is 5.85. The molecule has 1 saturated carbocycles. The maximum Gasteiger partial charge on any atom is 0.281 e. The number of hydrogen-bond donors (Lipinski definition) is 3. The summed E-state index contributed by atoms with van der Waals surface area (Å²) in [7, 11) is 0. The third-order valence-corrected chi connectivity index (χ3v) is 5.85. The zero-order valence-electron chi connectivity index (χ0n) is 18.3. The number of H-pyrrole nitrogens is 1. The number of halogens is 4. The first-order chi connectivity index (χ1) is 17.3. The largest absolute Gasteiger partial charge is 0.368 e. The summed E-state index contributed by atoms with van der Waals surface area (Å²) in [4.78, 5) is 25.6. The zero-order chi connectivity index (χ0) is 25.6. The Morgan fingerprint density at radius 2 is 1.92 bits per heavy atom. The van der Waals surface area contributed by atoms with Crippen LogP contribution in [0.25, 0.3) is 16.7 Å². The SMILES string of the molecule is N#Cc1c(NC(c2nc3cccc(C(F)F)c3c(=O)n2-c2ccn[nH]2)C2CC2)nc(N)nc1C(F)F. The first-order valence-corrected chi connectivity index (χ1v) is 10.8. The Hall–Kier alpha value is -4.54. The van der Waals surface area contributed by atoms with Crippen LogP contribution in [0.1, 0.15) is 54.4 Å². The van der Waals surface area contributed by atoms with E-state index in [1.54, 1.807) is 6.07 Å². The van der Waals surface area contributed by atoms with Gasteiger partial charge in [0.1, 0.15) is 29.0 Å². The van der Waals surface area contributed by atoms with Gasteiger partial charge in [-0.05, 0) is 24.8 Å². The first-order valence-electron chi connectivity index (χ1n) is 10.8. The van der Waals surface area contributed by atoms with Gasteiger partial charge in [0.15, 0.2) is 5.82 Å². The molecule has 0 aliphatic heterocycles. The highest BCUT2D eigenvalue weighted by Crippen LogP contribution is 2.43. The average Bonchev–Trinajstić information content (AvgIpc) is 3.55. The molecule has 10 nitrogen and oxygen atoms in total. The van der Waals surface area contributed by atoms with Gasteiger partial charge < -0.3 is 11.1 Å². The summed E-state index contributed by atoms with van der Waals surface area (Å²) in [6, 6.07) is 6.29. The molecule has 184 valence electrons. The van der Waals surface area contributed by atoms with Crippen molar-refractivity contribution >= 4 is 22.7 Å². The van der Waals surface area contributed by atoms with E-state index >= 15 is 0 Å². The number of aromatic nitrogens is 6. The van der Waals surface area contributed by atoms with Gasteiger partial charge in [0.25, 0.3) is 18.4 Å². The van der Waals surface area contributed by atoms with E-state index < -0.39 is 47.2 Å². The number of nitrogens with zero attached hydrogens (tertiary/aromatic N) is 6. The van der Waals surface area contributed by atoms with E-state index in [9.17, 15) is 27.6 Å². The molecule has 1 atom stereocenters. The van der Waals surface area contributed by atoms with Gasteiger partial charge in [-0.3, -0.25) is 9.89 Å². The standard InChI is InChI=1S/C22H17F4N9O/c23-17(24)10-2-1-3-12-14(10)21(36)35(13-6-7-29-34-13)20(30-12)15(9-4-5-9)31-19-11(8-27)16(18(25)26)32-22(28)33-19/h1-3,6-7,9,15,17-18H,4-5H2,(H,29,34)(H3,28,31,32,33). The van der Waals surface area contributed by atoms with Crippen LogP contribution >= 0.6 is 0 Å². The lowest BCUT2D eigenvalue weighted by molar-refractivity contribution is 0.145. The normalized spacial score (nSPS) is 14.4. The van der Waals surface area contributed by atoms with Gasteiger partial charge >= 0.3 is 0 Å². The van der Waals surface area contributed by atoms with Crippen molar-refractivity contribution in [1.29, 1.82) is 5.26 Å². The lowest BCUT2D eigenvalue weighted by Crippen LogP contribution is -2.30.